The standard InChI is InChI=1S/C30H35N3O8/c1-30(2,3)41-29(35)33-11-9-32(10-12-33)14-20-17-7-8-31(4)24(19(17)13-22-25(20)38-16-37-22)26-18-5-6-21-27(39-15-36-21)23(18)28(34)40-26/h5-6,13,24,26H,7-12,14-16H2,1-4H3/t24-,26+/m0/s1. The summed E-state index contributed by atoms with van der Waals surface area (Å²) < 4.78 is 34.7. The topological polar surface area (TPSA) is 99.2 Å². The third kappa shape index (κ3) is 4.51. The van der Waals surface area contributed by atoms with Gasteiger partial charge in [0.05, 0.1) is 6.04 Å². The largest absolute Gasteiger partial charge is 0.454 e. The van der Waals surface area contributed by atoms with Crippen molar-refractivity contribution in [2.75, 3.05) is 53.4 Å². The molecule has 5 aliphatic rings. The van der Waals surface area contributed by atoms with Crippen LogP contribution in [0, 0.1) is 0 Å². The van der Waals surface area contributed by atoms with Crippen molar-refractivity contribution in [1.29, 1.82) is 0 Å². The predicted molar refractivity (Wildman–Crippen MR) is 145 cm³/mol. The minimum atomic E-state index is -0.520. The number of nitrogens with zero attached hydrogens (tertiary/aromatic N) is 3. The van der Waals surface area contributed by atoms with E-state index in [1.54, 1.807) is 4.90 Å². The fraction of sp³-hybridized carbons (Fsp3) is 0.533. The highest BCUT2D eigenvalue weighted by Crippen LogP contribution is 2.53. The van der Waals surface area contributed by atoms with Crippen LogP contribution in [0.4, 0.5) is 4.79 Å². The Bertz CT molecular complexity index is 1410. The van der Waals surface area contributed by atoms with Crippen molar-refractivity contribution in [2.45, 2.75) is 51.5 Å². The van der Waals surface area contributed by atoms with Crippen LogP contribution in [-0.4, -0.2) is 85.7 Å². The molecule has 0 bridgehead atoms. The minimum Gasteiger partial charge on any atom is -0.454 e. The van der Waals surface area contributed by atoms with Crippen molar-refractivity contribution in [2.24, 2.45) is 0 Å². The molecule has 0 saturated carbocycles. The van der Waals surface area contributed by atoms with E-state index in [4.69, 9.17) is 28.4 Å². The average molecular weight is 566 g/mol. The summed E-state index contributed by atoms with van der Waals surface area (Å²) in [6.07, 6.45) is 0.0642. The number of carbonyl (C=O) groups excluding carboxylic acids is 2. The first-order valence-electron chi connectivity index (χ1n) is 14.2. The second-order valence-corrected chi connectivity index (χ2v) is 12.2. The van der Waals surface area contributed by atoms with Crippen LogP contribution in [-0.2, 0) is 22.4 Å². The highest BCUT2D eigenvalue weighted by molar-refractivity contribution is 5.98. The molecule has 0 N–H and O–H groups in total. The normalized spacial score (nSPS) is 23.3. The summed E-state index contributed by atoms with van der Waals surface area (Å²) in [6.45, 7) is 10.0. The number of ether oxygens (including phenoxy) is 6. The lowest BCUT2D eigenvalue weighted by Crippen LogP contribution is -2.49. The van der Waals surface area contributed by atoms with Gasteiger partial charge in [-0.05, 0) is 57.5 Å². The summed E-state index contributed by atoms with van der Waals surface area (Å²) in [7, 11) is 2.06. The Kier molecular flexibility index (Phi) is 6.20. The number of rotatable bonds is 3. The van der Waals surface area contributed by atoms with Gasteiger partial charge < -0.3 is 33.3 Å². The van der Waals surface area contributed by atoms with Gasteiger partial charge >= 0.3 is 12.1 Å². The zero-order chi connectivity index (χ0) is 28.5. The smallest absolute Gasteiger partial charge is 0.410 e. The molecule has 1 amide bonds. The Hall–Kier alpha value is -3.70. The number of cyclic esters (lactones) is 1. The van der Waals surface area contributed by atoms with Gasteiger partial charge in [-0.15, -0.1) is 0 Å². The van der Waals surface area contributed by atoms with Crippen LogP contribution in [0.2, 0.25) is 0 Å². The molecule has 218 valence electrons. The first kappa shape index (κ1) is 26.2. The second kappa shape index (κ2) is 9.70. The fourth-order valence-electron chi connectivity index (χ4n) is 6.50. The summed E-state index contributed by atoms with van der Waals surface area (Å²) in [5.41, 5.74) is 4.13. The molecule has 1 fully saturated rings. The molecule has 11 nitrogen and oxygen atoms in total. The minimum absolute atomic E-state index is 0.0920. The quantitative estimate of drug-likeness (QED) is 0.513. The molecule has 5 aliphatic heterocycles. The molecule has 2 aromatic rings. The maximum absolute atomic E-state index is 13.1. The molecular weight excluding hydrogens is 530 g/mol. The van der Waals surface area contributed by atoms with Crippen molar-refractivity contribution in [3.8, 4) is 23.0 Å². The van der Waals surface area contributed by atoms with E-state index in [-0.39, 0.29) is 25.7 Å². The molecule has 0 spiro atoms. The number of hydrogen-bond acceptors (Lipinski definition) is 10. The number of fused-ring (bicyclic) bond motifs is 5. The first-order valence-corrected chi connectivity index (χ1v) is 14.2. The molecule has 1 saturated heterocycles. The lowest BCUT2D eigenvalue weighted by atomic mass is 9.83. The van der Waals surface area contributed by atoms with E-state index in [1.807, 2.05) is 32.9 Å². The van der Waals surface area contributed by atoms with Gasteiger partial charge in [0.25, 0.3) is 0 Å². The third-order valence-corrected chi connectivity index (χ3v) is 8.43. The van der Waals surface area contributed by atoms with Crippen molar-refractivity contribution >= 4 is 12.1 Å². The number of hydrogen-bond donors (Lipinski definition) is 0. The molecule has 5 heterocycles. The van der Waals surface area contributed by atoms with Gasteiger partial charge in [0, 0.05) is 50.4 Å². The lowest BCUT2D eigenvalue weighted by Gasteiger charge is -2.40. The van der Waals surface area contributed by atoms with E-state index >= 15 is 0 Å². The van der Waals surface area contributed by atoms with E-state index in [2.05, 4.69) is 22.9 Å². The van der Waals surface area contributed by atoms with Crippen LogP contribution in [0.1, 0.15) is 65.5 Å². The van der Waals surface area contributed by atoms with E-state index in [1.165, 1.54) is 5.56 Å². The Morgan fingerprint density at radius 1 is 0.951 bits per heavy atom. The number of likely N-dealkylation sites (N-methyl/N-ethyl adjacent to an activating group) is 1. The summed E-state index contributed by atoms with van der Waals surface area (Å²) >= 11 is 0. The molecule has 41 heavy (non-hydrogen) atoms. The number of benzene rings is 2. The summed E-state index contributed by atoms with van der Waals surface area (Å²) in [6, 6.07) is 5.61. The molecular formula is C30H35N3O8. The van der Waals surface area contributed by atoms with Crippen molar-refractivity contribution in [3.05, 3.63) is 46.0 Å². The van der Waals surface area contributed by atoms with Crippen molar-refractivity contribution < 1.29 is 38.0 Å². The van der Waals surface area contributed by atoms with E-state index in [9.17, 15) is 9.59 Å². The Morgan fingerprint density at radius 2 is 1.68 bits per heavy atom. The van der Waals surface area contributed by atoms with Gasteiger partial charge in [0.15, 0.2) is 23.0 Å². The van der Waals surface area contributed by atoms with Crippen molar-refractivity contribution in [1.82, 2.24) is 14.7 Å². The van der Waals surface area contributed by atoms with E-state index in [0.29, 0.717) is 42.4 Å². The predicted octanol–water partition coefficient (Wildman–Crippen LogP) is 3.64. The monoisotopic (exact) mass is 565 g/mol. The van der Waals surface area contributed by atoms with Gasteiger partial charge in [-0.2, -0.15) is 0 Å². The molecule has 0 radical (unpaired) electrons. The second-order valence-electron chi connectivity index (χ2n) is 12.2. The zero-order valence-electron chi connectivity index (χ0n) is 23.9. The van der Waals surface area contributed by atoms with Crippen LogP contribution in [0.5, 0.6) is 23.0 Å². The highest BCUT2D eigenvalue weighted by Gasteiger charge is 2.46. The van der Waals surface area contributed by atoms with Crippen molar-refractivity contribution in [3.63, 3.8) is 0 Å². The maximum Gasteiger partial charge on any atom is 0.410 e. The number of esters is 1. The Balaban J connectivity index is 1.18. The van der Waals surface area contributed by atoms with Crippen LogP contribution < -0.4 is 18.9 Å². The van der Waals surface area contributed by atoms with Gasteiger partial charge in [-0.1, -0.05) is 6.07 Å². The van der Waals surface area contributed by atoms with Gasteiger partial charge in [0.2, 0.25) is 13.6 Å². The van der Waals surface area contributed by atoms with Crippen LogP contribution >= 0.6 is 0 Å². The first-order chi connectivity index (χ1) is 19.7. The molecule has 0 unspecified atom stereocenters. The molecule has 2 aromatic carbocycles. The molecule has 0 aromatic heterocycles. The molecule has 11 heteroatoms. The van der Waals surface area contributed by atoms with Gasteiger partial charge in [-0.3, -0.25) is 9.80 Å². The zero-order valence-corrected chi connectivity index (χ0v) is 23.9. The van der Waals surface area contributed by atoms with Gasteiger partial charge in [0.1, 0.15) is 17.3 Å². The van der Waals surface area contributed by atoms with Gasteiger partial charge in [-0.25, -0.2) is 9.59 Å². The third-order valence-electron chi connectivity index (χ3n) is 8.43. The number of piperazine rings is 1. The maximum atomic E-state index is 13.1. The summed E-state index contributed by atoms with van der Waals surface area (Å²) in [4.78, 5) is 32.0. The molecule has 7 rings (SSSR count). The molecule has 0 aliphatic carbocycles. The number of carbonyl (C=O) groups is 2. The van der Waals surface area contributed by atoms with Crippen LogP contribution in [0.25, 0.3) is 0 Å². The van der Waals surface area contributed by atoms with Crippen LogP contribution in [0.15, 0.2) is 18.2 Å². The average Bonchev–Trinajstić information content (AvgIpc) is 3.66. The summed E-state index contributed by atoms with van der Waals surface area (Å²) in [5.74, 6) is 2.13. The lowest BCUT2D eigenvalue weighted by molar-refractivity contribution is 0.00923. The van der Waals surface area contributed by atoms with E-state index < -0.39 is 17.7 Å². The fourth-order valence-corrected chi connectivity index (χ4v) is 6.50. The number of amides is 1. The SMILES string of the molecule is CN1CCc2c(cc3c(c2CN2CCN(C(=O)OC(C)(C)C)CC2)OCO3)[C@H]1[C@@H]1OC(=O)c2c1ccc1c2OCO1. The summed E-state index contributed by atoms with van der Waals surface area (Å²) in [5, 5.41) is 0. The molecule has 2 atom stereocenters. The highest BCUT2D eigenvalue weighted by atomic mass is 16.7. The Morgan fingerprint density at radius 3 is 2.44 bits per heavy atom. The Labute approximate surface area is 238 Å². The van der Waals surface area contributed by atoms with Crippen LogP contribution in [0.3, 0.4) is 0 Å². The van der Waals surface area contributed by atoms with E-state index in [0.717, 1.165) is 48.5 Å².